The minimum absolute atomic E-state index is 0.231. The van der Waals surface area contributed by atoms with Gasteiger partial charge >= 0.3 is 0 Å². The van der Waals surface area contributed by atoms with Crippen molar-refractivity contribution in [2.75, 3.05) is 0 Å². The first kappa shape index (κ1) is 16.3. The van der Waals surface area contributed by atoms with Crippen LogP contribution in [0.5, 0.6) is 0 Å². The van der Waals surface area contributed by atoms with E-state index < -0.39 is 4.92 Å². The molecule has 0 aliphatic rings. The van der Waals surface area contributed by atoms with E-state index in [4.69, 9.17) is 5.21 Å². The van der Waals surface area contributed by atoms with Crippen LogP contribution in [0.3, 0.4) is 0 Å². The number of hydrogen-bond acceptors (Lipinski definition) is 4. The Hall–Kier alpha value is -2.69. The number of hydrogen-bond donors (Lipinski definition) is 1. The first-order valence-corrected chi connectivity index (χ1v) is 5.25. The van der Waals surface area contributed by atoms with Crippen molar-refractivity contribution in [3.63, 3.8) is 0 Å². The number of allylic oxidation sites excluding steroid dienone is 7. The summed E-state index contributed by atoms with van der Waals surface area (Å²) in [6, 6.07) is 0. The maximum absolute atomic E-state index is 10.3. The van der Waals surface area contributed by atoms with Crippen LogP contribution >= 0.6 is 0 Å². The summed E-state index contributed by atoms with van der Waals surface area (Å²) in [5, 5.41) is 21.9. The molecule has 0 aliphatic carbocycles. The third kappa shape index (κ3) is 5.97. The van der Waals surface area contributed by atoms with Crippen molar-refractivity contribution in [2.45, 2.75) is 6.92 Å². The molecule has 0 saturated heterocycles. The summed E-state index contributed by atoms with van der Waals surface area (Å²) in [4.78, 5) is 9.75. The fourth-order valence-corrected chi connectivity index (χ4v) is 0.858. The van der Waals surface area contributed by atoms with Gasteiger partial charge in [0, 0.05) is 6.08 Å². The smallest absolute Gasteiger partial charge is 0.262 e. The summed E-state index contributed by atoms with van der Waals surface area (Å²) in [6.45, 7) is 16.0. The zero-order chi connectivity index (χ0) is 15.0. The molecule has 0 spiro atoms. The lowest BCUT2D eigenvalue weighted by Gasteiger charge is -2.00. The summed E-state index contributed by atoms with van der Waals surface area (Å²) in [6.07, 6.45) is 5.93. The molecular formula is C14H16N2O3. The van der Waals surface area contributed by atoms with Gasteiger partial charge in [-0.15, -0.1) is 0 Å². The van der Waals surface area contributed by atoms with Crippen LogP contribution in [0.4, 0.5) is 0 Å². The lowest BCUT2D eigenvalue weighted by molar-refractivity contribution is -0.418. The van der Waals surface area contributed by atoms with E-state index in [1.54, 1.807) is 19.1 Å². The van der Waals surface area contributed by atoms with Crippen LogP contribution in [-0.4, -0.2) is 15.8 Å². The summed E-state index contributed by atoms with van der Waals surface area (Å²) in [5.74, 6) is 0. The Labute approximate surface area is 112 Å². The predicted molar refractivity (Wildman–Crippen MR) is 76.7 cm³/mol. The average Bonchev–Trinajstić information content (AvgIpc) is 2.39. The van der Waals surface area contributed by atoms with Crippen molar-refractivity contribution in [2.24, 2.45) is 5.16 Å². The van der Waals surface area contributed by atoms with Crippen LogP contribution < -0.4 is 0 Å². The normalized spacial score (nSPS) is 11.7. The largest absolute Gasteiger partial charge is 0.411 e. The van der Waals surface area contributed by atoms with Gasteiger partial charge in [-0.2, -0.15) is 0 Å². The van der Waals surface area contributed by atoms with Gasteiger partial charge in [-0.25, -0.2) is 0 Å². The lowest BCUT2D eigenvalue weighted by Crippen LogP contribution is -1.93. The molecule has 0 amide bonds. The second-order valence-corrected chi connectivity index (χ2v) is 3.68. The molecule has 0 unspecified atom stereocenters. The summed E-state index contributed by atoms with van der Waals surface area (Å²) < 4.78 is 0. The molecule has 0 atom stereocenters. The van der Waals surface area contributed by atoms with E-state index >= 15 is 0 Å². The minimum Gasteiger partial charge on any atom is -0.411 e. The van der Waals surface area contributed by atoms with Crippen molar-refractivity contribution in [3.05, 3.63) is 83.2 Å². The van der Waals surface area contributed by atoms with E-state index in [0.717, 1.165) is 0 Å². The highest BCUT2D eigenvalue weighted by Crippen LogP contribution is 2.11. The SMILES string of the molecule is C=C(/C=C\C(=C)/C(C)=N/O)C(=C)/C=C\C(=C)[N+](=O)[O-]. The molecule has 0 fully saturated rings. The van der Waals surface area contributed by atoms with Crippen LogP contribution in [0.15, 0.2) is 78.2 Å². The molecule has 5 nitrogen and oxygen atoms in total. The van der Waals surface area contributed by atoms with E-state index in [9.17, 15) is 10.1 Å². The summed E-state index contributed by atoms with van der Waals surface area (Å²) >= 11 is 0. The molecule has 19 heavy (non-hydrogen) atoms. The quantitative estimate of drug-likeness (QED) is 0.250. The zero-order valence-electron chi connectivity index (χ0n) is 10.8. The Morgan fingerprint density at radius 1 is 1.05 bits per heavy atom. The molecule has 5 heteroatoms. The highest BCUT2D eigenvalue weighted by atomic mass is 16.6. The molecule has 0 aromatic rings. The minimum atomic E-state index is -0.592. The molecule has 1 N–H and O–H groups in total. The molecule has 0 rings (SSSR count). The van der Waals surface area contributed by atoms with Gasteiger partial charge in [-0.3, -0.25) is 10.1 Å². The molecule has 100 valence electrons. The van der Waals surface area contributed by atoms with Gasteiger partial charge in [0.15, 0.2) is 0 Å². The van der Waals surface area contributed by atoms with Gasteiger partial charge in [0.05, 0.1) is 10.6 Å². The van der Waals surface area contributed by atoms with E-state index in [-0.39, 0.29) is 5.70 Å². The Bertz CT molecular complexity index is 523. The number of rotatable bonds is 7. The number of oxime groups is 1. The zero-order valence-corrected chi connectivity index (χ0v) is 10.8. The number of nitrogens with zero attached hydrogens (tertiary/aromatic N) is 2. The van der Waals surface area contributed by atoms with Crippen LogP contribution in [0.2, 0.25) is 0 Å². The van der Waals surface area contributed by atoms with Crippen molar-refractivity contribution in [3.8, 4) is 0 Å². The maximum Gasteiger partial charge on any atom is 0.262 e. The van der Waals surface area contributed by atoms with Gasteiger partial charge in [0.25, 0.3) is 5.70 Å². The summed E-state index contributed by atoms with van der Waals surface area (Å²) in [5.41, 5.74) is 1.73. The van der Waals surface area contributed by atoms with Gasteiger partial charge < -0.3 is 5.21 Å². The van der Waals surface area contributed by atoms with Crippen molar-refractivity contribution in [1.29, 1.82) is 0 Å². The first-order chi connectivity index (χ1) is 8.79. The van der Waals surface area contributed by atoms with Gasteiger partial charge in [0.1, 0.15) is 0 Å². The highest BCUT2D eigenvalue weighted by molar-refractivity contribution is 5.99. The lowest BCUT2D eigenvalue weighted by atomic mass is 10.1. The molecular weight excluding hydrogens is 244 g/mol. The second kappa shape index (κ2) is 7.60. The predicted octanol–water partition coefficient (Wildman–Crippen LogP) is 3.41. The molecule has 0 aliphatic heterocycles. The Kier molecular flexibility index (Phi) is 6.52. The fourth-order valence-electron chi connectivity index (χ4n) is 0.858. The fraction of sp³-hybridized carbons (Fsp3) is 0.0714. The van der Waals surface area contributed by atoms with Gasteiger partial charge in [0.2, 0.25) is 0 Å². The molecule has 0 bridgehead atoms. The molecule has 0 radical (unpaired) electrons. The standard InChI is InChI=1S/C14H16N2O3/c1-10(6-7-12(3)14(5)15-17)11(2)8-9-13(4)16(18)19/h6-9,17H,1-4H2,5H3/b7-6-,9-8-,15-14+. The molecule has 0 aromatic heterocycles. The van der Waals surface area contributed by atoms with E-state index in [2.05, 4.69) is 31.5 Å². The summed E-state index contributed by atoms with van der Waals surface area (Å²) in [7, 11) is 0. The van der Waals surface area contributed by atoms with Crippen LogP contribution in [-0.2, 0) is 0 Å². The Morgan fingerprint density at radius 2 is 1.47 bits per heavy atom. The highest BCUT2D eigenvalue weighted by Gasteiger charge is 2.01. The van der Waals surface area contributed by atoms with Crippen molar-refractivity contribution < 1.29 is 10.1 Å². The Balaban J connectivity index is 4.65. The topological polar surface area (TPSA) is 75.7 Å². The number of nitro groups is 1. The van der Waals surface area contributed by atoms with E-state index in [1.807, 2.05) is 0 Å². The van der Waals surface area contributed by atoms with Gasteiger partial charge in [-0.1, -0.05) is 37.0 Å². The first-order valence-electron chi connectivity index (χ1n) is 5.25. The van der Waals surface area contributed by atoms with E-state index in [1.165, 1.54) is 12.2 Å². The van der Waals surface area contributed by atoms with Crippen molar-refractivity contribution in [1.82, 2.24) is 0 Å². The second-order valence-electron chi connectivity index (χ2n) is 3.68. The molecule has 0 saturated carbocycles. The van der Waals surface area contributed by atoms with E-state index in [0.29, 0.717) is 22.4 Å². The van der Waals surface area contributed by atoms with Gasteiger partial charge in [-0.05, 0) is 36.3 Å². The van der Waals surface area contributed by atoms with Crippen molar-refractivity contribution >= 4 is 5.71 Å². The van der Waals surface area contributed by atoms with Crippen LogP contribution in [0.1, 0.15) is 6.92 Å². The molecule has 0 heterocycles. The third-order valence-corrected chi connectivity index (χ3v) is 2.22. The average molecular weight is 260 g/mol. The van der Waals surface area contributed by atoms with Crippen LogP contribution in [0, 0.1) is 10.1 Å². The third-order valence-electron chi connectivity index (χ3n) is 2.22. The maximum atomic E-state index is 10.3. The van der Waals surface area contributed by atoms with Crippen LogP contribution in [0.25, 0.3) is 0 Å². The molecule has 0 aromatic carbocycles. The Morgan fingerprint density at radius 3 is 1.89 bits per heavy atom. The monoisotopic (exact) mass is 260 g/mol.